The SMILES string of the molecule is CCOC(=O)NCC1CCN(Cc2cc(Oc3cnc(N4CCNCC4)nc3)nc(-c3cc(Cl)cc(Cl)c3)c2)CC1. The van der Waals surface area contributed by atoms with Gasteiger partial charge in [0.2, 0.25) is 11.8 Å². The minimum atomic E-state index is -0.350. The maximum atomic E-state index is 11.6. The molecule has 12 heteroatoms. The fraction of sp³-hybridized carbons (Fsp3) is 0.448. The Kier molecular flexibility index (Phi) is 10.1. The summed E-state index contributed by atoms with van der Waals surface area (Å²) in [6, 6.07) is 9.39. The van der Waals surface area contributed by atoms with Crippen molar-refractivity contribution in [1.82, 2.24) is 30.5 Å². The van der Waals surface area contributed by atoms with Gasteiger partial charge in [-0.3, -0.25) is 4.90 Å². The molecule has 0 atom stereocenters. The van der Waals surface area contributed by atoms with Gasteiger partial charge in [-0.05, 0) is 68.6 Å². The molecule has 2 aliphatic heterocycles. The molecule has 0 aliphatic carbocycles. The van der Waals surface area contributed by atoms with E-state index in [-0.39, 0.29) is 6.09 Å². The van der Waals surface area contributed by atoms with E-state index in [1.54, 1.807) is 25.4 Å². The number of hydrogen-bond acceptors (Lipinski definition) is 9. The third-order valence-electron chi connectivity index (χ3n) is 7.18. The van der Waals surface area contributed by atoms with Crippen molar-refractivity contribution in [1.29, 1.82) is 0 Å². The number of carbonyl (C=O) groups excluding carboxylic acids is 1. The van der Waals surface area contributed by atoms with E-state index < -0.39 is 0 Å². The average molecular weight is 601 g/mol. The number of hydrogen-bond donors (Lipinski definition) is 2. The lowest BCUT2D eigenvalue weighted by atomic mass is 9.96. The Hall–Kier alpha value is -3.18. The number of piperidine rings is 1. The van der Waals surface area contributed by atoms with Gasteiger partial charge in [0.25, 0.3) is 0 Å². The minimum absolute atomic E-state index is 0.350. The van der Waals surface area contributed by atoms with Crippen LogP contribution in [0.25, 0.3) is 11.3 Å². The second kappa shape index (κ2) is 14.1. The summed E-state index contributed by atoms with van der Waals surface area (Å²) in [6.45, 7) is 8.96. The molecule has 2 aromatic heterocycles. The summed E-state index contributed by atoms with van der Waals surface area (Å²) >= 11 is 12.6. The fourth-order valence-corrected chi connectivity index (χ4v) is 5.61. The zero-order valence-corrected chi connectivity index (χ0v) is 24.6. The number of likely N-dealkylation sites (tertiary alicyclic amines) is 1. The molecule has 218 valence electrons. The summed E-state index contributed by atoms with van der Waals surface area (Å²) in [7, 11) is 0. The van der Waals surface area contributed by atoms with Crippen LogP contribution in [0, 0.1) is 5.92 Å². The van der Waals surface area contributed by atoms with Crippen LogP contribution in [-0.4, -0.2) is 78.4 Å². The maximum Gasteiger partial charge on any atom is 0.407 e. The molecule has 0 spiro atoms. The van der Waals surface area contributed by atoms with E-state index in [1.165, 1.54) is 0 Å². The third kappa shape index (κ3) is 8.42. The summed E-state index contributed by atoms with van der Waals surface area (Å²) in [5.74, 6) is 2.08. The number of nitrogens with one attached hydrogen (secondary N) is 2. The molecule has 5 rings (SSSR count). The molecule has 1 aromatic carbocycles. The van der Waals surface area contributed by atoms with Crippen LogP contribution in [0.5, 0.6) is 11.6 Å². The topological polar surface area (TPSA) is 105 Å². The number of amides is 1. The Labute approximate surface area is 250 Å². The molecule has 0 radical (unpaired) electrons. The molecule has 10 nitrogen and oxygen atoms in total. The summed E-state index contributed by atoms with van der Waals surface area (Å²) in [6.07, 6.45) is 5.01. The number of carbonyl (C=O) groups is 1. The van der Waals surface area contributed by atoms with Crippen molar-refractivity contribution in [3.63, 3.8) is 0 Å². The number of anilines is 1. The summed E-state index contributed by atoms with van der Waals surface area (Å²) < 4.78 is 11.1. The lowest BCUT2D eigenvalue weighted by molar-refractivity contribution is 0.142. The molecule has 41 heavy (non-hydrogen) atoms. The highest BCUT2D eigenvalue weighted by molar-refractivity contribution is 6.35. The summed E-state index contributed by atoms with van der Waals surface area (Å²) in [4.78, 5) is 30.0. The Balaban J connectivity index is 1.29. The lowest BCUT2D eigenvalue weighted by Crippen LogP contribution is -2.44. The van der Waals surface area contributed by atoms with E-state index >= 15 is 0 Å². The second-order valence-electron chi connectivity index (χ2n) is 10.2. The number of pyridine rings is 1. The number of halogens is 2. The number of piperazine rings is 1. The molecule has 2 saturated heterocycles. The van der Waals surface area contributed by atoms with E-state index in [9.17, 15) is 4.79 Å². The monoisotopic (exact) mass is 599 g/mol. The quantitative estimate of drug-likeness (QED) is 0.351. The molecule has 2 aliphatic rings. The molecule has 0 bridgehead atoms. The number of rotatable bonds is 9. The van der Waals surface area contributed by atoms with Crippen LogP contribution in [-0.2, 0) is 11.3 Å². The fourth-order valence-electron chi connectivity index (χ4n) is 5.08. The Morgan fingerprint density at radius 1 is 1.02 bits per heavy atom. The van der Waals surface area contributed by atoms with Crippen LogP contribution in [0.4, 0.5) is 10.7 Å². The van der Waals surface area contributed by atoms with Gasteiger partial charge in [-0.2, -0.15) is 0 Å². The first kappa shape index (κ1) is 29.3. The van der Waals surface area contributed by atoms with Gasteiger partial charge in [-0.1, -0.05) is 23.2 Å². The number of nitrogens with zero attached hydrogens (tertiary/aromatic N) is 5. The summed E-state index contributed by atoms with van der Waals surface area (Å²) in [5, 5.41) is 7.28. The van der Waals surface area contributed by atoms with Gasteiger partial charge in [0.15, 0.2) is 5.75 Å². The molecule has 1 amide bonds. The van der Waals surface area contributed by atoms with Crippen molar-refractivity contribution in [3.8, 4) is 22.9 Å². The van der Waals surface area contributed by atoms with Gasteiger partial charge in [-0.15, -0.1) is 0 Å². The van der Waals surface area contributed by atoms with E-state index in [0.29, 0.717) is 52.4 Å². The van der Waals surface area contributed by atoms with E-state index in [4.69, 9.17) is 37.7 Å². The van der Waals surface area contributed by atoms with Gasteiger partial charge in [0.1, 0.15) is 0 Å². The first-order chi connectivity index (χ1) is 19.9. The van der Waals surface area contributed by atoms with Crippen molar-refractivity contribution in [3.05, 3.63) is 58.3 Å². The maximum absolute atomic E-state index is 11.6. The van der Waals surface area contributed by atoms with Crippen LogP contribution in [0.15, 0.2) is 42.7 Å². The molecule has 3 aromatic rings. The standard InChI is InChI=1S/C29H35Cl2N7O3/c1-2-40-29(39)35-16-20-3-7-37(8-4-20)19-21-11-26(22-13-23(30)15-24(31)14-22)36-27(12-21)41-25-17-33-28(34-18-25)38-9-5-32-6-10-38/h11-15,17-18,20,32H,2-10,16,19H2,1H3,(H,35,39). The van der Waals surface area contributed by atoms with Crippen molar-refractivity contribution >= 4 is 35.2 Å². The highest BCUT2D eigenvalue weighted by atomic mass is 35.5. The number of aromatic nitrogens is 3. The molecular weight excluding hydrogens is 565 g/mol. The normalized spacial score (nSPS) is 16.4. The van der Waals surface area contributed by atoms with Gasteiger partial charge < -0.3 is 25.0 Å². The van der Waals surface area contributed by atoms with E-state index in [0.717, 1.165) is 69.8 Å². The third-order valence-corrected chi connectivity index (χ3v) is 7.62. The predicted molar refractivity (Wildman–Crippen MR) is 160 cm³/mol. The van der Waals surface area contributed by atoms with Crippen LogP contribution < -0.4 is 20.3 Å². The number of alkyl carbamates (subject to hydrolysis) is 1. The molecule has 0 unspecified atom stereocenters. The van der Waals surface area contributed by atoms with Gasteiger partial charge in [-0.25, -0.2) is 19.7 Å². The highest BCUT2D eigenvalue weighted by Crippen LogP contribution is 2.31. The molecule has 2 N–H and O–H groups in total. The first-order valence-electron chi connectivity index (χ1n) is 14.0. The predicted octanol–water partition coefficient (Wildman–Crippen LogP) is 5.01. The van der Waals surface area contributed by atoms with Crippen molar-refractivity contribution in [2.24, 2.45) is 5.92 Å². The van der Waals surface area contributed by atoms with Crippen molar-refractivity contribution < 1.29 is 14.3 Å². The minimum Gasteiger partial charge on any atom is -0.450 e. The zero-order valence-electron chi connectivity index (χ0n) is 23.1. The smallest absolute Gasteiger partial charge is 0.407 e. The lowest BCUT2D eigenvalue weighted by Gasteiger charge is -2.32. The highest BCUT2D eigenvalue weighted by Gasteiger charge is 2.21. The molecule has 2 fully saturated rings. The number of benzene rings is 1. The van der Waals surface area contributed by atoms with Crippen molar-refractivity contribution in [2.45, 2.75) is 26.3 Å². The van der Waals surface area contributed by atoms with Crippen LogP contribution in [0.2, 0.25) is 10.0 Å². The Bertz CT molecular complexity index is 1290. The average Bonchev–Trinajstić information content (AvgIpc) is 2.97. The van der Waals surface area contributed by atoms with Crippen molar-refractivity contribution in [2.75, 3.05) is 57.3 Å². The molecular formula is C29H35Cl2N7O3. The second-order valence-corrected chi connectivity index (χ2v) is 11.1. The van der Waals surface area contributed by atoms with Gasteiger partial charge in [0, 0.05) is 60.9 Å². The summed E-state index contributed by atoms with van der Waals surface area (Å²) in [5.41, 5.74) is 2.58. The first-order valence-corrected chi connectivity index (χ1v) is 14.8. The van der Waals surface area contributed by atoms with E-state index in [1.807, 2.05) is 24.3 Å². The van der Waals surface area contributed by atoms with Crippen LogP contribution in [0.1, 0.15) is 25.3 Å². The van der Waals surface area contributed by atoms with E-state index in [2.05, 4.69) is 30.4 Å². The van der Waals surface area contributed by atoms with Crippen LogP contribution in [0.3, 0.4) is 0 Å². The van der Waals surface area contributed by atoms with Gasteiger partial charge >= 0.3 is 6.09 Å². The largest absolute Gasteiger partial charge is 0.450 e. The number of ether oxygens (including phenoxy) is 2. The Morgan fingerprint density at radius 2 is 1.73 bits per heavy atom. The zero-order chi connectivity index (χ0) is 28.6. The molecule has 4 heterocycles. The van der Waals surface area contributed by atoms with Crippen LogP contribution >= 0.6 is 23.2 Å². The Morgan fingerprint density at radius 3 is 2.41 bits per heavy atom. The molecule has 0 saturated carbocycles. The van der Waals surface area contributed by atoms with Gasteiger partial charge in [0.05, 0.1) is 24.7 Å².